The van der Waals surface area contributed by atoms with Gasteiger partial charge in [0.1, 0.15) is 0 Å². The van der Waals surface area contributed by atoms with Gasteiger partial charge in [-0.25, -0.2) is 0 Å². The summed E-state index contributed by atoms with van der Waals surface area (Å²) >= 11 is 0. The van der Waals surface area contributed by atoms with Crippen LogP contribution in [0.5, 0.6) is 0 Å². The molecule has 0 aromatic heterocycles. The van der Waals surface area contributed by atoms with Crippen LogP contribution >= 0.6 is 0 Å². The second kappa shape index (κ2) is 56.2. The number of nitrogens with one attached hydrogen (secondary N) is 1. The topological polar surface area (TPSA) is 95.9 Å². The van der Waals surface area contributed by atoms with Crippen LogP contribution in [0.1, 0.15) is 335 Å². The van der Waals surface area contributed by atoms with E-state index in [1.54, 1.807) is 0 Å². The Morgan fingerprint density at radius 1 is 0.409 bits per heavy atom. The minimum absolute atomic E-state index is 0.00941. The van der Waals surface area contributed by atoms with Gasteiger partial charge < -0.3 is 20.3 Å². The lowest BCUT2D eigenvalue weighted by Gasteiger charge is -2.22. The Morgan fingerprint density at radius 2 is 0.712 bits per heavy atom. The molecule has 0 aromatic rings. The number of aliphatic hydroxyl groups excluding tert-OH is 2. The Morgan fingerprint density at radius 3 is 1.08 bits per heavy atom. The molecule has 0 heterocycles. The van der Waals surface area contributed by atoms with E-state index in [1.165, 1.54) is 231 Å². The molecule has 66 heavy (non-hydrogen) atoms. The van der Waals surface area contributed by atoms with Crippen molar-refractivity contribution < 1.29 is 24.5 Å². The number of carbonyl (C=O) groups excluding carboxylic acids is 2. The zero-order valence-corrected chi connectivity index (χ0v) is 44.7. The lowest BCUT2D eigenvalue weighted by Crippen LogP contribution is -2.45. The van der Waals surface area contributed by atoms with Gasteiger partial charge in [-0.05, 0) is 51.4 Å². The standard InChI is InChI=1S/C60H117NO5/c1-3-5-7-9-11-13-15-16-17-18-19-20-21-22-23-24-26-29-33-36-40-44-48-52-58(63)57(56-62)61-59(64)53-49-45-41-37-34-30-27-25-28-31-35-39-43-47-51-55-66-60(65)54-50-46-42-38-32-14-12-10-8-6-4-2/h28,31,57-58,62-63H,3-27,29-30,32-56H2,1-2H3,(H,61,64)/b31-28-. The van der Waals surface area contributed by atoms with E-state index in [0.717, 1.165) is 70.6 Å². The van der Waals surface area contributed by atoms with Crippen LogP contribution in [0.4, 0.5) is 0 Å². The average Bonchev–Trinajstić information content (AvgIpc) is 3.32. The lowest BCUT2D eigenvalue weighted by molar-refractivity contribution is -0.143. The Balaban J connectivity index is 3.46. The predicted molar refractivity (Wildman–Crippen MR) is 287 cm³/mol. The van der Waals surface area contributed by atoms with Crippen molar-refractivity contribution in [1.82, 2.24) is 5.32 Å². The van der Waals surface area contributed by atoms with E-state index in [1.807, 2.05) is 0 Å². The summed E-state index contributed by atoms with van der Waals surface area (Å²) in [6, 6.07) is -0.553. The van der Waals surface area contributed by atoms with Crippen molar-refractivity contribution in [3.63, 3.8) is 0 Å². The lowest BCUT2D eigenvalue weighted by atomic mass is 10.0. The third-order valence-electron chi connectivity index (χ3n) is 14.1. The number of ether oxygens (including phenoxy) is 1. The van der Waals surface area contributed by atoms with Crippen molar-refractivity contribution in [2.45, 2.75) is 347 Å². The molecule has 6 nitrogen and oxygen atoms in total. The molecule has 0 rings (SSSR count). The van der Waals surface area contributed by atoms with Crippen LogP contribution in [0, 0.1) is 0 Å². The van der Waals surface area contributed by atoms with Crippen molar-refractivity contribution in [2.75, 3.05) is 13.2 Å². The maximum Gasteiger partial charge on any atom is 0.305 e. The third kappa shape index (κ3) is 52.0. The largest absolute Gasteiger partial charge is 0.466 e. The Kier molecular flexibility index (Phi) is 55.0. The quantitative estimate of drug-likeness (QED) is 0.0321. The van der Waals surface area contributed by atoms with Gasteiger partial charge in [0, 0.05) is 12.8 Å². The molecule has 2 unspecified atom stereocenters. The number of hydrogen-bond acceptors (Lipinski definition) is 5. The summed E-state index contributed by atoms with van der Waals surface area (Å²) in [4.78, 5) is 24.5. The molecule has 0 spiro atoms. The first-order valence-corrected chi connectivity index (χ1v) is 29.9. The fraction of sp³-hybridized carbons (Fsp3) is 0.933. The van der Waals surface area contributed by atoms with Gasteiger partial charge in [0.05, 0.1) is 25.4 Å². The molecule has 0 radical (unpaired) electrons. The smallest absolute Gasteiger partial charge is 0.305 e. The summed E-state index contributed by atoms with van der Waals surface area (Å²) in [6.07, 6.45) is 66.4. The highest BCUT2D eigenvalue weighted by Crippen LogP contribution is 2.18. The van der Waals surface area contributed by atoms with Gasteiger partial charge in [-0.3, -0.25) is 9.59 Å². The van der Waals surface area contributed by atoms with E-state index in [9.17, 15) is 19.8 Å². The van der Waals surface area contributed by atoms with Crippen LogP contribution in [-0.2, 0) is 14.3 Å². The third-order valence-corrected chi connectivity index (χ3v) is 14.1. The summed E-state index contributed by atoms with van der Waals surface area (Å²) < 4.78 is 5.45. The fourth-order valence-electron chi connectivity index (χ4n) is 9.46. The zero-order chi connectivity index (χ0) is 47.9. The summed E-state index contributed by atoms with van der Waals surface area (Å²) in [5.41, 5.74) is 0. The summed E-state index contributed by atoms with van der Waals surface area (Å²) in [6.45, 7) is 4.94. The summed E-state index contributed by atoms with van der Waals surface area (Å²) in [5.74, 6) is -0.0557. The number of esters is 1. The van der Waals surface area contributed by atoms with Crippen molar-refractivity contribution in [2.24, 2.45) is 0 Å². The number of allylic oxidation sites excluding steroid dienone is 2. The maximum atomic E-state index is 12.5. The Bertz CT molecular complexity index is 986. The maximum absolute atomic E-state index is 12.5. The molecule has 0 aromatic carbocycles. The van der Waals surface area contributed by atoms with E-state index in [4.69, 9.17) is 4.74 Å². The van der Waals surface area contributed by atoms with Crippen LogP contribution in [0.3, 0.4) is 0 Å². The number of hydrogen-bond donors (Lipinski definition) is 3. The van der Waals surface area contributed by atoms with Gasteiger partial charge in [-0.2, -0.15) is 0 Å². The van der Waals surface area contributed by atoms with Crippen LogP contribution in [0.2, 0.25) is 0 Å². The van der Waals surface area contributed by atoms with Crippen LogP contribution in [0.25, 0.3) is 0 Å². The second-order valence-corrected chi connectivity index (χ2v) is 20.7. The van der Waals surface area contributed by atoms with Crippen LogP contribution in [0.15, 0.2) is 12.2 Å². The van der Waals surface area contributed by atoms with Gasteiger partial charge in [0.15, 0.2) is 0 Å². The minimum Gasteiger partial charge on any atom is -0.466 e. The number of amides is 1. The van der Waals surface area contributed by atoms with Crippen molar-refractivity contribution in [3.8, 4) is 0 Å². The molecule has 0 aliphatic carbocycles. The zero-order valence-electron chi connectivity index (χ0n) is 44.7. The molecule has 3 N–H and O–H groups in total. The molecule has 0 fully saturated rings. The summed E-state index contributed by atoms with van der Waals surface area (Å²) in [7, 11) is 0. The van der Waals surface area contributed by atoms with Crippen LogP contribution < -0.4 is 5.32 Å². The molecule has 392 valence electrons. The van der Waals surface area contributed by atoms with Gasteiger partial charge in [0.25, 0.3) is 0 Å². The van der Waals surface area contributed by atoms with Gasteiger partial charge in [-0.1, -0.05) is 283 Å². The Hall–Kier alpha value is -1.40. The molecule has 0 saturated carbocycles. The van der Waals surface area contributed by atoms with Crippen molar-refractivity contribution in [3.05, 3.63) is 12.2 Å². The van der Waals surface area contributed by atoms with Crippen LogP contribution in [-0.4, -0.2) is 47.4 Å². The highest BCUT2D eigenvalue weighted by Gasteiger charge is 2.20. The van der Waals surface area contributed by atoms with Crippen molar-refractivity contribution in [1.29, 1.82) is 0 Å². The van der Waals surface area contributed by atoms with Crippen molar-refractivity contribution >= 4 is 11.9 Å². The molecule has 0 aliphatic heterocycles. The molecule has 0 bridgehead atoms. The number of unbranched alkanes of at least 4 members (excludes halogenated alkanes) is 43. The first-order valence-electron chi connectivity index (χ1n) is 29.9. The van der Waals surface area contributed by atoms with Gasteiger partial charge in [-0.15, -0.1) is 0 Å². The highest BCUT2D eigenvalue weighted by molar-refractivity contribution is 5.76. The number of rotatable bonds is 56. The first-order chi connectivity index (χ1) is 32.5. The second-order valence-electron chi connectivity index (χ2n) is 20.7. The highest BCUT2D eigenvalue weighted by atomic mass is 16.5. The first kappa shape index (κ1) is 64.6. The monoisotopic (exact) mass is 932 g/mol. The van der Waals surface area contributed by atoms with E-state index < -0.39 is 12.1 Å². The molecule has 0 saturated heterocycles. The Labute approximate surface area is 412 Å². The molecular weight excluding hydrogens is 815 g/mol. The van der Waals surface area contributed by atoms with E-state index in [2.05, 4.69) is 31.3 Å². The number of aliphatic hydroxyl groups is 2. The molecule has 6 heteroatoms. The SMILES string of the molecule is CCCCCCCCCCCCCCCCCCCCCCCCCC(O)C(CO)NC(=O)CCCCCCCCC/C=C\CCCCCCOC(=O)CCCCCCCCCCCCC. The molecule has 0 aliphatic rings. The van der Waals surface area contributed by atoms with Gasteiger partial charge in [0.2, 0.25) is 5.91 Å². The molecule has 2 atom stereocenters. The molecular formula is C60H117NO5. The predicted octanol–water partition coefficient (Wildman–Crippen LogP) is 18.5. The summed E-state index contributed by atoms with van der Waals surface area (Å²) in [5, 5.41) is 23.4. The average molecular weight is 933 g/mol. The fourth-order valence-corrected chi connectivity index (χ4v) is 9.46. The number of carbonyl (C=O) groups is 2. The minimum atomic E-state index is -0.674. The molecule has 1 amide bonds. The van der Waals surface area contributed by atoms with Gasteiger partial charge >= 0.3 is 5.97 Å². The normalized spacial score (nSPS) is 12.6. The van der Waals surface area contributed by atoms with E-state index in [-0.39, 0.29) is 18.5 Å². The van der Waals surface area contributed by atoms with E-state index in [0.29, 0.717) is 25.9 Å². The van der Waals surface area contributed by atoms with E-state index >= 15 is 0 Å².